The van der Waals surface area contributed by atoms with Crippen LogP contribution in [0, 0.1) is 0 Å². The van der Waals surface area contributed by atoms with Crippen LogP contribution in [0.3, 0.4) is 0 Å². The fraction of sp³-hybridized carbons (Fsp3) is 0.415. The number of anilines is 1. The van der Waals surface area contributed by atoms with E-state index in [2.05, 4.69) is 77.7 Å². The molecule has 0 unspecified atom stereocenters. The zero-order valence-electron chi connectivity index (χ0n) is 28.6. The summed E-state index contributed by atoms with van der Waals surface area (Å²) in [4.78, 5) is 25.9. The van der Waals surface area contributed by atoms with Crippen LogP contribution in [0.25, 0.3) is 5.57 Å². The zero-order chi connectivity index (χ0) is 33.4. The molecule has 0 bridgehead atoms. The molecule has 0 atom stereocenters. The normalized spacial score (nSPS) is 20.0. The van der Waals surface area contributed by atoms with Gasteiger partial charge in [0.05, 0.1) is 11.1 Å². The molecular weight excluding hydrogens is 570 g/mol. The minimum Gasteiger partial charge on any atom is -0.478 e. The molecule has 2 N–H and O–H groups in total. The van der Waals surface area contributed by atoms with E-state index in [4.69, 9.17) is 0 Å². The maximum Gasteiger partial charge on any atom is 0.335 e. The molecule has 46 heavy (non-hydrogen) atoms. The van der Waals surface area contributed by atoms with Gasteiger partial charge in [-0.15, -0.1) is 0 Å². The van der Waals surface area contributed by atoms with E-state index in [0.717, 1.165) is 68.3 Å². The zero-order valence-corrected chi connectivity index (χ0v) is 28.6. The molecule has 0 radical (unpaired) electrons. The van der Waals surface area contributed by atoms with E-state index in [1.807, 2.05) is 24.3 Å². The van der Waals surface area contributed by atoms with Crippen LogP contribution in [0.4, 0.5) is 5.69 Å². The number of carboxylic acid groups (broad SMARTS) is 2. The summed E-state index contributed by atoms with van der Waals surface area (Å²) in [6.07, 6.45) is 16.4. The van der Waals surface area contributed by atoms with E-state index in [0.29, 0.717) is 11.1 Å². The third-order valence-corrected chi connectivity index (χ3v) is 10.4. The summed E-state index contributed by atoms with van der Waals surface area (Å²) in [5.41, 5.74) is 12.4. The highest BCUT2D eigenvalue weighted by molar-refractivity contribution is 5.91. The second-order valence-electron chi connectivity index (χ2n) is 14.1. The first-order valence-corrected chi connectivity index (χ1v) is 16.9. The summed E-state index contributed by atoms with van der Waals surface area (Å²) in [6, 6.07) is 11.2. The molecule has 5 rings (SSSR count). The Hall–Kier alpha value is -4.12. The summed E-state index contributed by atoms with van der Waals surface area (Å²) in [7, 11) is 0. The quantitative estimate of drug-likeness (QED) is 0.262. The van der Waals surface area contributed by atoms with Gasteiger partial charge in [0.1, 0.15) is 0 Å². The first-order chi connectivity index (χ1) is 21.8. The first kappa shape index (κ1) is 33.2. The van der Waals surface area contributed by atoms with Gasteiger partial charge in [-0.3, -0.25) is 0 Å². The lowest BCUT2D eigenvalue weighted by molar-refractivity contribution is 0.0686. The third-order valence-electron chi connectivity index (χ3n) is 10.4. The number of unbranched alkanes of at least 4 members (excludes halogenated alkanes) is 2. The molecule has 1 heterocycles. The summed E-state index contributed by atoms with van der Waals surface area (Å²) in [6.45, 7) is 16.4. The fourth-order valence-corrected chi connectivity index (χ4v) is 7.55. The Morgan fingerprint density at radius 2 is 1.48 bits per heavy atom. The highest BCUT2D eigenvalue weighted by atomic mass is 16.4. The van der Waals surface area contributed by atoms with Gasteiger partial charge in [-0.2, -0.15) is 0 Å². The number of benzene rings is 2. The molecular formula is C41H49NO4. The Bertz CT molecular complexity index is 1730. The molecule has 3 aliphatic rings. The molecule has 0 amide bonds. The molecule has 5 nitrogen and oxygen atoms in total. The van der Waals surface area contributed by atoms with Crippen LogP contribution < -0.4 is 4.90 Å². The monoisotopic (exact) mass is 619 g/mol. The van der Waals surface area contributed by atoms with E-state index in [1.165, 1.54) is 39.1 Å². The van der Waals surface area contributed by atoms with Gasteiger partial charge in [0.25, 0.3) is 0 Å². The molecule has 0 saturated carbocycles. The lowest BCUT2D eigenvalue weighted by atomic mass is 9.80. The molecule has 0 fully saturated rings. The number of hydrogen-bond donors (Lipinski definition) is 2. The van der Waals surface area contributed by atoms with Crippen molar-refractivity contribution in [2.24, 2.45) is 0 Å². The number of carboxylic acids is 2. The predicted octanol–water partition coefficient (Wildman–Crippen LogP) is 10.4. The van der Waals surface area contributed by atoms with E-state index in [1.54, 1.807) is 12.1 Å². The predicted molar refractivity (Wildman–Crippen MR) is 189 cm³/mol. The average Bonchev–Trinajstić information content (AvgIpc) is 3.55. The van der Waals surface area contributed by atoms with Crippen molar-refractivity contribution in [1.82, 2.24) is 0 Å². The van der Waals surface area contributed by atoms with E-state index < -0.39 is 11.9 Å². The summed E-state index contributed by atoms with van der Waals surface area (Å²) >= 11 is 0. The Balaban J connectivity index is 1.48. The van der Waals surface area contributed by atoms with Crippen molar-refractivity contribution in [2.75, 3.05) is 11.4 Å². The number of nitrogens with zero attached hydrogens (tertiary/aromatic N) is 1. The van der Waals surface area contributed by atoms with Crippen molar-refractivity contribution in [2.45, 2.75) is 104 Å². The maximum absolute atomic E-state index is 11.8. The molecule has 2 aromatic carbocycles. The Morgan fingerprint density at radius 3 is 2.13 bits per heavy atom. The SMILES string of the molecule is CCCCC1=C(/C=C/C2=C(C)C(=C/C=C3/N(CCCC)c4ccc(C(=O)O)cc4C3(C)C)/CC2)C(C)(C)c2cc(C(=O)O)ccc21. The highest BCUT2D eigenvalue weighted by Gasteiger charge is 2.40. The van der Waals surface area contributed by atoms with Gasteiger partial charge >= 0.3 is 11.9 Å². The van der Waals surface area contributed by atoms with Gasteiger partial charge in [-0.05, 0) is 120 Å². The lowest BCUT2D eigenvalue weighted by Crippen LogP contribution is -2.27. The minimum absolute atomic E-state index is 0.276. The van der Waals surface area contributed by atoms with E-state index in [-0.39, 0.29) is 10.8 Å². The van der Waals surface area contributed by atoms with Gasteiger partial charge in [0.2, 0.25) is 0 Å². The van der Waals surface area contributed by atoms with Gasteiger partial charge < -0.3 is 15.1 Å². The largest absolute Gasteiger partial charge is 0.478 e. The number of carbonyl (C=O) groups is 2. The lowest BCUT2D eigenvalue weighted by Gasteiger charge is -2.27. The van der Waals surface area contributed by atoms with Crippen molar-refractivity contribution in [1.29, 1.82) is 0 Å². The molecule has 0 aromatic heterocycles. The molecule has 1 aliphatic heterocycles. The molecule has 0 spiro atoms. The Morgan fingerprint density at radius 1 is 0.826 bits per heavy atom. The molecule has 2 aromatic rings. The van der Waals surface area contributed by atoms with Crippen molar-refractivity contribution in [3.63, 3.8) is 0 Å². The topological polar surface area (TPSA) is 77.8 Å². The standard InChI is InChI=1S/C41H49NO4/c1-8-10-12-31-32-19-15-29(38(43)44)24-34(32)40(4,5)33(31)20-16-27-13-14-28(26(27)3)18-22-37-41(6,7)35-25-30(39(45)46)17-21-36(35)42(37)23-11-9-2/h15-22,24-25H,8-14,23H2,1-7H3,(H,43,44)(H,45,46)/b20-16+,28-18+,37-22+. The number of fused-ring (bicyclic) bond motifs is 2. The van der Waals surface area contributed by atoms with Crippen LogP contribution in [0.15, 0.2) is 88.7 Å². The maximum atomic E-state index is 11.8. The van der Waals surface area contributed by atoms with Gasteiger partial charge in [0, 0.05) is 28.8 Å². The molecule has 2 aliphatic carbocycles. The van der Waals surface area contributed by atoms with Crippen LogP contribution in [0.2, 0.25) is 0 Å². The van der Waals surface area contributed by atoms with E-state index >= 15 is 0 Å². The summed E-state index contributed by atoms with van der Waals surface area (Å²) in [5.74, 6) is -1.78. The number of allylic oxidation sites excluding steroid dienone is 10. The van der Waals surface area contributed by atoms with E-state index in [9.17, 15) is 19.8 Å². The average molecular weight is 620 g/mol. The second-order valence-corrected chi connectivity index (χ2v) is 14.1. The van der Waals surface area contributed by atoms with Crippen LogP contribution in [-0.2, 0) is 10.8 Å². The Labute approximate surface area is 274 Å². The third kappa shape index (κ3) is 5.92. The molecule has 5 heteroatoms. The number of hydrogen-bond acceptors (Lipinski definition) is 3. The van der Waals surface area contributed by atoms with Crippen molar-refractivity contribution >= 4 is 23.2 Å². The smallest absolute Gasteiger partial charge is 0.335 e. The van der Waals surface area contributed by atoms with Crippen molar-refractivity contribution < 1.29 is 19.8 Å². The second kappa shape index (κ2) is 12.9. The van der Waals surface area contributed by atoms with Crippen LogP contribution in [0.5, 0.6) is 0 Å². The van der Waals surface area contributed by atoms with Crippen molar-refractivity contribution in [3.05, 3.63) is 117 Å². The summed E-state index contributed by atoms with van der Waals surface area (Å²) < 4.78 is 0. The highest BCUT2D eigenvalue weighted by Crippen LogP contribution is 2.50. The number of rotatable bonds is 11. The first-order valence-electron chi connectivity index (χ1n) is 16.9. The summed E-state index contributed by atoms with van der Waals surface area (Å²) in [5, 5.41) is 19.3. The number of aromatic carboxylic acids is 2. The molecule has 242 valence electrons. The molecule has 0 saturated heterocycles. The van der Waals surface area contributed by atoms with Crippen molar-refractivity contribution in [3.8, 4) is 0 Å². The van der Waals surface area contributed by atoms with Crippen LogP contribution >= 0.6 is 0 Å². The fourth-order valence-electron chi connectivity index (χ4n) is 7.55. The van der Waals surface area contributed by atoms with Gasteiger partial charge in [-0.1, -0.05) is 78.7 Å². The minimum atomic E-state index is -0.895. The van der Waals surface area contributed by atoms with Crippen LogP contribution in [0.1, 0.15) is 131 Å². The van der Waals surface area contributed by atoms with Crippen LogP contribution in [-0.4, -0.2) is 28.7 Å². The van der Waals surface area contributed by atoms with Gasteiger partial charge in [-0.25, -0.2) is 9.59 Å². The Kier molecular flexibility index (Phi) is 9.35. The van der Waals surface area contributed by atoms with Gasteiger partial charge in [0.15, 0.2) is 0 Å².